The van der Waals surface area contributed by atoms with Crippen molar-refractivity contribution in [3.05, 3.63) is 70.2 Å². The molecule has 0 aliphatic carbocycles. The maximum absolute atomic E-state index is 12.8. The topological polar surface area (TPSA) is 61.4 Å². The number of carbonyl (C=O) groups is 2. The molecule has 9 heteroatoms. The van der Waals surface area contributed by atoms with Crippen LogP contribution in [0.3, 0.4) is 0 Å². The molecule has 3 rings (SSSR count). The van der Waals surface area contributed by atoms with E-state index in [1.54, 1.807) is 0 Å². The van der Waals surface area contributed by atoms with E-state index < -0.39 is 17.6 Å². The van der Waals surface area contributed by atoms with E-state index in [1.807, 2.05) is 24.3 Å². The lowest BCUT2D eigenvalue weighted by Crippen LogP contribution is -2.38. The summed E-state index contributed by atoms with van der Waals surface area (Å²) in [6.07, 6.45) is -3.63. The fourth-order valence-electron chi connectivity index (χ4n) is 3.47. The van der Waals surface area contributed by atoms with E-state index in [4.69, 9.17) is 11.6 Å². The Labute approximate surface area is 183 Å². The van der Waals surface area contributed by atoms with E-state index in [2.05, 4.69) is 15.5 Å². The first kappa shape index (κ1) is 23.1. The Morgan fingerprint density at radius 2 is 1.87 bits per heavy atom. The molecule has 0 radical (unpaired) electrons. The van der Waals surface area contributed by atoms with Gasteiger partial charge in [0.15, 0.2) is 0 Å². The van der Waals surface area contributed by atoms with Gasteiger partial charge < -0.3 is 10.6 Å². The first-order chi connectivity index (χ1) is 14.7. The molecule has 0 aromatic heterocycles. The second kappa shape index (κ2) is 10.2. The molecule has 31 heavy (non-hydrogen) atoms. The zero-order valence-electron chi connectivity index (χ0n) is 16.7. The Kier molecular flexibility index (Phi) is 7.56. The van der Waals surface area contributed by atoms with Crippen LogP contribution in [0.5, 0.6) is 0 Å². The van der Waals surface area contributed by atoms with Gasteiger partial charge in [-0.3, -0.25) is 14.5 Å². The lowest BCUT2D eigenvalue weighted by atomic mass is 10.1. The molecule has 0 spiro atoms. The minimum absolute atomic E-state index is 0.0268. The number of nitrogens with zero attached hydrogens (tertiary/aromatic N) is 1. The maximum atomic E-state index is 12.8. The number of likely N-dealkylation sites (tertiary alicyclic amines) is 1. The van der Waals surface area contributed by atoms with Crippen LogP contribution >= 0.6 is 11.6 Å². The molecule has 1 heterocycles. The van der Waals surface area contributed by atoms with Crippen LogP contribution in [-0.2, 0) is 17.5 Å². The number of carbonyl (C=O) groups excluding carboxylic acids is 2. The van der Waals surface area contributed by atoms with E-state index in [0.29, 0.717) is 5.02 Å². The van der Waals surface area contributed by atoms with E-state index in [1.165, 1.54) is 12.1 Å². The van der Waals surface area contributed by atoms with Crippen molar-refractivity contribution in [2.24, 2.45) is 0 Å². The second-order valence-electron chi connectivity index (χ2n) is 7.50. The summed E-state index contributed by atoms with van der Waals surface area (Å²) in [5.41, 5.74) is 0.167. The van der Waals surface area contributed by atoms with Crippen molar-refractivity contribution in [3.8, 4) is 0 Å². The summed E-state index contributed by atoms with van der Waals surface area (Å²) in [5.74, 6) is -0.850. The number of benzene rings is 2. The third-order valence-electron chi connectivity index (χ3n) is 5.05. The van der Waals surface area contributed by atoms with E-state index in [-0.39, 0.29) is 30.5 Å². The van der Waals surface area contributed by atoms with Gasteiger partial charge in [-0.25, -0.2) is 0 Å². The number of nitrogens with one attached hydrogen (secondary N) is 2. The van der Waals surface area contributed by atoms with Gasteiger partial charge in [0, 0.05) is 49.2 Å². The smallest absolute Gasteiger partial charge is 0.352 e. The molecule has 2 amide bonds. The van der Waals surface area contributed by atoms with Gasteiger partial charge in [0.2, 0.25) is 5.91 Å². The summed E-state index contributed by atoms with van der Waals surface area (Å²) in [6.45, 7) is 2.41. The van der Waals surface area contributed by atoms with Crippen molar-refractivity contribution in [2.75, 3.05) is 19.6 Å². The first-order valence-corrected chi connectivity index (χ1v) is 10.3. The quantitative estimate of drug-likeness (QED) is 0.669. The van der Waals surface area contributed by atoms with Gasteiger partial charge in [-0.05, 0) is 42.3 Å². The van der Waals surface area contributed by atoms with E-state index in [0.717, 1.165) is 43.8 Å². The van der Waals surface area contributed by atoms with Crippen LogP contribution in [0.1, 0.15) is 34.3 Å². The molecular formula is C22H23ClF3N3O2. The normalized spacial score (nSPS) is 16.8. The monoisotopic (exact) mass is 453 g/mol. The van der Waals surface area contributed by atoms with Crippen molar-refractivity contribution in [1.82, 2.24) is 15.5 Å². The standard InChI is InChI=1S/C22H23ClF3N3O2/c23-18-6-4-15(5-7-18)13-29-11-9-19(14-29)28-20(30)8-10-27-21(31)16-2-1-3-17(12-16)22(24,25)26/h1-7,12,19H,8-11,13-14H2,(H,27,31)(H,28,30)/t19-/m1/s1. The fourth-order valence-corrected chi connectivity index (χ4v) is 3.60. The molecule has 0 unspecified atom stereocenters. The summed E-state index contributed by atoms with van der Waals surface area (Å²) in [4.78, 5) is 26.5. The molecule has 166 valence electrons. The van der Waals surface area contributed by atoms with Gasteiger partial charge in [-0.1, -0.05) is 29.8 Å². The van der Waals surface area contributed by atoms with Crippen LogP contribution in [-0.4, -0.2) is 42.4 Å². The largest absolute Gasteiger partial charge is 0.416 e. The Bertz CT molecular complexity index is 919. The highest BCUT2D eigenvalue weighted by molar-refractivity contribution is 6.30. The third kappa shape index (κ3) is 6.97. The molecule has 0 saturated carbocycles. The highest BCUT2D eigenvalue weighted by Gasteiger charge is 2.31. The Morgan fingerprint density at radius 3 is 2.58 bits per heavy atom. The summed E-state index contributed by atoms with van der Waals surface area (Å²) < 4.78 is 38.3. The predicted octanol–water partition coefficient (Wildman–Crippen LogP) is 3.87. The predicted molar refractivity (Wildman–Crippen MR) is 112 cm³/mol. The Balaban J connectivity index is 1.39. The number of amides is 2. The molecule has 1 atom stereocenters. The molecule has 5 nitrogen and oxygen atoms in total. The third-order valence-corrected chi connectivity index (χ3v) is 5.30. The molecule has 2 N–H and O–H groups in total. The van der Waals surface area contributed by atoms with E-state index >= 15 is 0 Å². The minimum Gasteiger partial charge on any atom is -0.352 e. The Morgan fingerprint density at radius 1 is 1.13 bits per heavy atom. The number of rotatable bonds is 7. The lowest BCUT2D eigenvalue weighted by molar-refractivity contribution is -0.137. The molecule has 2 aromatic carbocycles. The van der Waals surface area contributed by atoms with E-state index in [9.17, 15) is 22.8 Å². The molecular weight excluding hydrogens is 431 g/mol. The maximum Gasteiger partial charge on any atom is 0.416 e. The van der Waals surface area contributed by atoms with Crippen molar-refractivity contribution in [3.63, 3.8) is 0 Å². The summed E-state index contributed by atoms with van der Waals surface area (Å²) in [5, 5.41) is 6.13. The average Bonchev–Trinajstić information content (AvgIpc) is 3.15. The van der Waals surface area contributed by atoms with Gasteiger partial charge in [0.25, 0.3) is 5.91 Å². The minimum atomic E-state index is -4.51. The van der Waals surface area contributed by atoms with Crippen molar-refractivity contribution < 1.29 is 22.8 Å². The van der Waals surface area contributed by atoms with Crippen LogP contribution in [0.2, 0.25) is 5.02 Å². The Hall–Kier alpha value is -2.58. The van der Waals surface area contributed by atoms with Crippen LogP contribution in [0, 0.1) is 0 Å². The zero-order chi connectivity index (χ0) is 22.4. The first-order valence-electron chi connectivity index (χ1n) is 9.92. The molecule has 2 aromatic rings. The molecule has 1 saturated heterocycles. The number of halogens is 4. The van der Waals surface area contributed by atoms with Crippen molar-refractivity contribution >= 4 is 23.4 Å². The summed E-state index contributed by atoms with van der Waals surface area (Å²) in [7, 11) is 0. The summed E-state index contributed by atoms with van der Waals surface area (Å²) in [6, 6.07) is 11.9. The molecule has 0 bridgehead atoms. The van der Waals surface area contributed by atoms with Gasteiger partial charge in [-0.2, -0.15) is 13.2 Å². The second-order valence-corrected chi connectivity index (χ2v) is 7.94. The van der Waals surface area contributed by atoms with Gasteiger partial charge >= 0.3 is 6.18 Å². The van der Waals surface area contributed by atoms with Gasteiger partial charge in [0.1, 0.15) is 0 Å². The van der Waals surface area contributed by atoms with Crippen LogP contribution in [0.15, 0.2) is 48.5 Å². The van der Waals surface area contributed by atoms with Crippen molar-refractivity contribution in [2.45, 2.75) is 31.6 Å². The lowest BCUT2D eigenvalue weighted by Gasteiger charge is -2.17. The number of alkyl halides is 3. The average molecular weight is 454 g/mol. The van der Waals surface area contributed by atoms with Crippen LogP contribution in [0.25, 0.3) is 0 Å². The van der Waals surface area contributed by atoms with Crippen molar-refractivity contribution in [1.29, 1.82) is 0 Å². The fraction of sp³-hybridized carbons (Fsp3) is 0.364. The zero-order valence-corrected chi connectivity index (χ0v) is 17.5. The number of hydrogen-bond donors (Lipinski definition) is 2. The highest BCUT2D eigenvalue weighted by atomic mass is 35.5. The summed E-state index contributed by atoms with van der Waals surface area (Å²) >= 11 is 5.90. The van der Waals surface area contributed by atoms with Crippen LogP contribution in [0.4, 0.5) is 13.2 Å². The number of hydrogen-bond acceptors (Lipinski definition) is 3. The van der Waals surface area contributed by atoms with Crippen LogP contribution < -0.4 is 10.6 Å². The van der Waals surface area contributed by atoms with Gasteiger partial charge in [-0.15, -0.1) is 0 Å². The molecule has 1 aliphatic rings. The SMILES string of the molecule is O=C(CCNC(=O)c1cccc(C(F)(F)F)c1)N[C@@H]1CCN(Cc2ccc(Cl)cc2)C1. The highest BCUT2D eigenvalue weighted by Crippen LogP contribution is 2.29. The molecule has 1 fully saturated rings. The van der Waals surface area contributed by atoms with Gasteiger partial charge in [0.05, 0.1) is 5.56 Å². The molecule has 1 aliphatic heterocycles.